The van der Waals surface area contributed by atoms with E-state index >= 15 is 0 Å². The van der Waals surface area contributed by atoms with Crippen molar-refractivity contribution in [3.63, 3.8) is 0 Å². The highest BCUT2D eigenvalue weighted by Gasteiger charge is 2.05. The number of hydrogen-bond acceptors (Lipinski definition) is 1. The lowest BCUT2D eigenvalue weighted by atomic mass is 9.96. The molecule has 1 atom stereocenters. The number of aliphatic hydroxyl groups is 1. The summed E-state index contributed by atoms with van der Waals surface area (Å²) < 4.78 is 0. The molecule has 0 aliphatic heterocycles. The molecule has 0 aromatic rings. The summed E-state index contributed by atoms with van der Waals surface area (Å²) in [4.78, 5) is 0. The van der Waals surface area contributed by atoms with E-state index in [4.69, 9.17) is 0 Å². The molecule has 0 aromatic carbocycles. The molecule has 0 aromatic heterocycles. The predicted octanol–water partition coefficient (Wildman–Crippen LogP) is 4.69. The largest absolute Gasteiger partial charge is 0.513 e. The molecule has 0 spiro atoms. The molecule has 0 radical (unpaired) electrons. The Bertz CT molecular complexity index is 159. The van der Waals surface area contributed by atoms with E-state index in [0.717, 1.165) is 18.8 Å². The fourth-order valence-corrected chi connectivity index (χ4v) is 1.65. The molecule has 84 valence electrons. The summed E-state index contributed by atoms with van der Waals surface area (Å²) in [5.41, 5.74) is 0. The number of hydrogen-bond donors (Lipinski definition) is 1. The van der Waals surface area contributed by atoms with Gasteiger partial charge in [0.05, 0.1) is 5.76 Å². The van der Waals surface area contributed by atoms with Crippen LogP contribution in [0.1, 0.15) is 59.8 Å². The lowest BCUT2D eigenvalue weighted by Gasteiger charge is -2.11. The van der Waals surface area contributed by atoms with E-state index in [9.17, 15) is 5.11 Å². The molecule has 0 aliphatic rings. The zero-order chi connectivity index (χ0) is 11.0. The van der Waals surface area contributed by atoms with Gasteiger partial charge in [-0.3, -0.25) is 0 Å². The minimum absolute atomic E-state index is 0.574. The van der Waals surface area contributed by atoms with Gasteiger partial charge in [-0.05, 0) is 24.3 Å². The highest BCUT2D eigenvalue weighted by molar-refractivity contribution is 4.90. The van der Waals surface area contributed by atoms with E-state index in [1.54, 1.807) is 0 Å². The van der Waals surface area contributed by atoms with Gasteiger partial charge < -0.3 is 5.11 Å². The molecule has 0 fully saturated rings. The van der Waals surface area contributed by atoms with Crippen LogP contribution >= 0.6 is 0 Å². The summed E-state index contributed by atoms with van der Waals surface area (Å²) in [6.45, 7) is 8.80. The van der Waals surface area contributed by atoms with Crippen molar-refractivity contribution in [2.45, 2.75) is 59.8 Å². The standard InChI is InChI=1S/C13H26O/c1-5-7-13(14)10-12(4)9-6-8-11(2)3/h7,11-12,14H,5-6,8-10H2,1-4H3/b13-7-. The Morgan fingerprint density at radius 3 is 2.36 bits per heavy atom. The van der Waals surface area contributed by atoms with Crippen LogP contribution in [0.2, 0.25) is 0 Å². The second-order valence-corrected chi connectivity index (χ2v) is 4.74. The summed E-state index contributed by atoms with van der Waals surface area (Å²) in [5, 5.41) is 9.49. The quantitative estimate of drug-likeness (QED) is 0.588. The van der Waals surface area contributed by atoms with Gasteiger partial charge in [0.1, 0.15) is 0 Å². The van der Waals surface area contributed by atoms with Gasteiger partial charge in [0.25, 0.3) is 0 Å². The third kappa shape index (κ3) is 8.15. The van der Waals surface area contributed by atoms with Crippen molar-refractivity contribution < 1.29 is 5.11 Å². The van der Waals surface area contributed by atoms with Crippen LogP contribution in [0.3, 0.4) is 0 Å². The van der Waals surface area contributed by atoms with Crippen LogP contribution in [-0.2, 0) is 0 Å². The van der Waals surface area contributed by atoms with Crippen LogP contribution in [-0.4, -0.2) is 5.11 Å². The van der Waals surface area contributed by atoms with Crippen LogP contribution in [0.4, 0.5) is 0 Å². The Kier molecular flexibility index (Phi) is 7.64. The van der Waals surface area contributed by atoms with Gasteiger partial charge in [0, 0.05) is 6.42 Å². The summed E-state index contributed by atoms with van der Waals surface area (Å²) >= 11 is 0. The molecule has 0 saturated heterocycles. The van der Waals surface area contributed by atoms with Crippen LogP contribution in [0.5, 0.6) is 0 Å². The fraction of sp³-hybridized carbons (Fsp3) is 0.846. The second-order valence-electron chi connectivity index (χ2n) is 4.74. The van der Waals surface area contributed by atoms with Crippen LogP contribution in [0.25, 0.3) is 0 Å². The molecule has 0 saturated carbocycles. The number of allylic oxidation sites excluding steroid dienone is 2. The van der Waals surface area contributed by atoms with Crippen molar-refractivity contribution in [1.82, 2.24) is 0 Å². The summed E-state index contributed by atoms with van der Waals surface area (Å²) in [6, 6.07) is 0. The maximum absolute atomic E-state index is 9.49. The van der Waals surface area contributed by atoms with Crippen LogP contribution in [0.15, 0.2) is 11.8 Å². The Morgan fingerprint density at radius 1 is 1.21 bits per heavy atom. The molecule has 14 heavy (non-hydrogen) atoms. The smallest absolute Gasteiger partial charge is 0.0885 e. The van der Waals surface area contributed by atoms with Gasteiger partial charge in [-0.15, -0.1) is 0 Å². The first-order valence-electron chi connectivity index (χ1n) is 5.94. The zero-order valence-electron chi connectivity index (χ0n) is 10.2. The van der Waals surface area contributed by atoms with E-state index < -0.39 is 0 Å². The van der Waals surface area contributed by atoms with Gasteiger partial charge in [-0.25, -0.2) is 0 Å². The normalized spacial score (nSPS) is 14.8. The average Bonchev–Trinajstić information content (AvgIpc) is 2.03. The lowest BCUT2D eigenvalue weighted by molar-refractivity contribution is 0.341. The van der Waals surface area contributed by atoms with E-state index in [1.165, 1.54) is 19.3 Å². The fourth-order valence-electron chi connectivity index (χ4n) is 1.65. The molecular weight excluding hydrogens is 172 g/mol. The lowest BCUT2D eigenvalue weighted by Crippen LogP contribution is -1.98. The molecule has 0 bridgehead atoms. The number of aliphatic hydroxyl groups excluding tert-OH is 1. The minimum atomic E-state index is 0.574. The molecule has 1 N–H and O–H groups in total. The molecule has 0 heterocycles. The third-order valence-corrected chi connectivity index (χ3v) is 2.48. The number of rotatable bonds is 7. The predicted molar refractivity (Wildman–Crippen MR) is 63.5 cm³/mol. The Balaban J connectivity index is 3.54. The Hall–Kier alpha value is -0.460. The summed E-state index contributed by atoms with van der Waals surface area (Å²) in [7, 11) is 0. The maximum Gasteiger partial charge on any atom is 0.0885 e. The van der Waals surface area contributed by atoms with E-state index in [0.29, 0.717) is 11.7 Å². The van der Waals surface area contributed by atoms with Crippen LogP contribution < -0.4 is 0 Å². The third-order valence-electron chi connectivity index (χ3n) is 2.48. The summed E-state index contributed by atoms with van der Waals surface area (Å²) in [5.74, 6) is 2.00. The van der Waals surface area contributed by atoms with Crippen molar-refractivity contribution in [3.05, 3.63) is 11.8 Å². The first-order valence-corrected chi connectivity index (χ1v) is 5.94. The maximum atomic E-state index is 9.49. The minimum Gasteiger partial charge on any atom is -0.513 e. The molecule has 0 aliphatic carbocycles. The topological polar surface area (TPSA) is 20.2 Å². The molecule has 0 amide bonds. The highest BCUT2D eigenvalue weighted by atomic mass is 16.3. The monoisotopic (exact) mass is 198 g/mol. The molecule has 1 heteroatoms. The van der Waals surface area contributed by atoms with Crippen molar-refractivity contribution in [2.75, 3.05) is 0 Å². The van der Waals surface area contributed by atoms with Gasteiger partial charge in [0.15, 0.2) is 0 Å². The van der Waals surface area contributed by atoms with Gasteiger partial charge >= 0.3 is 0 Å². The Labute approximate surface area is 89.2 Å². The van der Waals surface area contributed by atoms with Gasteiger partial charge in [-0.2, -0.15) is 0 Å². The Morgan fingerprint density at radius 2 is 1.86 bits per heavy atom. The zero-order valence-corrected chi connectivity index (χ0v) is 10.2. The highest BCUT2D eigenvalue weighted by Crippen LogP contribution is 2.18. The SMILES string of the molecule is CC/C=C(\O)CC(C)CCCC(C)C. The molecule has 0 rings (SSSR count). The van der Waals surface area contributed by atoms with E-state index in [2.05, 4.69) is 27.7 Å². The van der Waals surface area contributed by atoms with Crippen LogP contribution in [0, 0.1) is 11.8 Å². The average molecular weight is 198 g/mol. The first-order chi connectivity index (χ1) is 6.56. The van der Waals surface area contributed by atoms with E-state index in [1.807, 2.05) is 6.08 Å². The van der Waals surface area contributed by atoms with Crippen molar-refractivity contribution >= 4 is 0 Å². The van der Waals surface area contributed by atoms with Crippen molar-refractivity contribution in [1.29, 1.82) is 0 Å². The van der Waals surface area contributed by atoms with Crippen molar-refractivity contribution in [3.8, 4) is 0 Å². The summed E-state index contributed by atoms with van der Waals surface area (Å²) in [6.07, 6.45) is 7.54. The molecular formula is C13H26O. The molecule has 1 nitrogen and oxygen atoms in total. The van der Waals surface area contributed by atoms with Crippen molar-refractivity contribution in [2.24, 2.45) is 11.8 Å². The van der Waals surface area contributed by atoms with Gasteiger partial charge in [0.2, 0.25) is 0 Å². The first kappa shape index (κ1) is 13.5. The second kappa shape index (κ2) is 7.90. The van der Waals surface area contributed by atoms with E-state index in [-0.39, 0.29) is 0 Å². The van der Waals surface area contributed by atoms with Gasteiger partial charge in [-0.1, -0.05) is 47.0 Å². The molecule has 1 unspecified atom stereocenters.